The molecule has 3 N–H and O–H groups in total. The van der Waals surface area contributed by atoms with Gasteiger partial charge in [0.15, 0.2) is 0 Å². The zero-order valence-electron chi connectivity index (χ0n) is 17.7. The van der Waals surface area contributed by atoms with E-state index in [1.165, 1.54) is 0 Å². The molecule has 0 saturated carbocycles. The largest absolute Gasteiger partial charge is 0.457 e. The maximum atomic E-state index is 12.3. The molecule has 7 heteroatoms. The van der Waals surface area contributed by atoms with Crippen molar-refractivity contribution in [1.29, 1.82) is 0 Å². The van der Waals surface area contributed by atoms with E-state index in [2.05, 4.69) is 20.8 Å². The lowest BCUT2D eigenvalue weighted by Gasteiger charge is -2.12. The highest BCUT2D eigenvalue weighted by Crippen LogP contribution is 2.28. The Hall–Kier alpha value is -4.39. The van der Waals surface area contributed by atoms with Crippen LogP contribution in [0.1, 0.15) is 24.1 Å². The number of carbonyl (C=O) groups is 2. The zero-order chi connectivity index (χ0) is 22.6. The maximum Gasteiger partial charge on any atom is 0.246 e. The number of nitrogens with zero attached hydrogens (tertiary/aromatic N) is 1. The van der Waals surface area contributed by atoms with Gasteiger partial charge < -0.3 is 15.4 Å². The first-order valence-corrected chi connectivity index (χ1v) is 10.7. The number of H-pyrrole nitrogens is 1. The van der Waals surface area contributed by atoms with Crippen molar-refractivity contribution in [3.8, 4) is 11.5 Å². The molecule has 1 aliphatic rings. The molecule has 164 valence electrons. The molecule has 0 bridgehead atoms. The molecule has 5 rings (SSSR count). The van der Waals surface area contributed by atoms with Crippen LogP contribution in [-0.2, 0) is 9.59 Å². The van der Waals surface area contributed by atoms with E-state index in [1.807, 2.05) is 66.7 Å². The summed E-state index contributed by atoms with van der Waals surface area (Å²) in [6.07, 6.45) is 4.89. The molecular weight excluding hydrogens is 416 g/mol. The lowest BCUT2D eigenvalue weighted by atomic mass is 10.1. The monoisotopic (exact) mass is 438 g/mol. The molecule has 0 unspecified atom stereocenters. The maximum absolute atomic E-state index is 12.3. The predicted molar refractivity (Wildman–Crippen MR) is 128 cm³/mol. The van der Waals surface area contributed by atoms with Crippen LogP contribution < -0.4 is 15.4 Å². The van der Waals surface area contributed by atoms with Crippen molar-refractivity contribution in [1.82, 2.24) is 15.5 Å². The second-order valence-corrected chi connectivity index (χ2v) is 7.84. The quantitative estimate of drug-likeness (QED) is 0.405. The number of aromatic amines is 1. The van der Waals surface area contributed by atoms with Crippen LogP contribution in [0.3, 0.4) is 0 Å². The Labute approximate surface area is 190 Å². The SMILES string of the molecule is O=C1CC[C@H](C(=O)Nc2cccc(Oc3ccc4c(/C=C/c5ccccc5)n[nH]c4c3)c2)N1. The molecule has 1 atom stereocenters. The number of nitrogens with one attached hydrogen (secondary N) is 3. The molecule has 2 heterocycles. The van der Waals surface area contributed by atoms with E-state index in [-0.39, 0.29) is 11.8 Å². The van der Waals surface area contributed by atoms with Crippen molar-refractivity contribution in [2.45, 2.75) is 18.9 Å². The van der Waals surface area contributed by atoms with Gasteiger partial charge in [0.2, 0.25) is 11.8 Å². The molecule has 0 radical (unpaired) electrons. The third-order valence-corrected chi connectivity index (χ3v) is 5.45. The van der Waals surface area contributed by atoms with Crippen LogP contribution in [0, 0.1) is 0 Å². The van der Waals surface area contributed by atoms with Gasteiger partial charge in [0.05, 0.1) is 11.2 Å². The second-order valence-electron chi connectivity index (χ2n) is 7.84. The van der Waals surface area contributed by atoms with Gasteiger partial charge >= 0.3 is 0 Å². The minimum Gasteiger partial charge on any atom is -0.457 e. The Balaban J connectivity index is 1.28. The first-order chi connectivity index (χ1) is 16.1. The van der Waals surface area contributed by atoms with Gasteiger partial charge in [0, 0.05) is 29.6 Å². The summed E-state index contributed by atoms with van der Waals surface area (Å²) < 4.78 is 6.00. The van der Waals surface area contributed by atoms with Gasteiger partial charge in [-0.25, -0.2) is 0 Å². The molecule has 1 aromatic heterocycles. The van der Waals surface area contributed by atoms with E-state index in [9.17, 15) is 9.59 Å². The van der Waals surface area contributed by atoms with Gasteiger partial charge in [0.1, 0.15) is 17.5 Å². The van der Waals surface area contributed by atoms with E-state index in [1.54, 1.807) is 18.2 Å². The van der Waals surface area contributed by atoms with Crippen molar-refractivity contribution in [2.24, 2.45) is 0 Å². The van der Waals surface area contributed by atoms with Crippen molar-refractivity contribution >= 4 is 40.6 Å². The summed E-state index contributed by atoms with van der Waals surface area (Å²) in [7, 11) is 0. The van der Waals surface area contributed by atoms with Gasteiger partial charge in [-0.05, 0) is 42.3 Å². The smallest absolute Gasteiger partial charge is 0.246 e. The highest BCUT2D eigenvalue weighted by Gasteiger charge is 2.27. The molecule has 33 heavy (non-hydrogen) atoms. The molecule has 2 amide bonds. The van der Waals surface area contributed by atoms with Crippen LogP contribution >= 0.6 is 0 Å². The number of rotatable bonds is 6. The normalized spacial score (nSPS) is 15.6. The molecule has 7 nitrogen and oxygen atoms in total. The Morgan fingerprint density at radius 3 is 2.67 bits per heavy atom. The zero-order valence-corrected chi connectivity index (χ0v) is 17.7. The summed E-state index contributed by atoms with van der Waals surface area (Å²) in [5, 5.41) is 14.0. The molecule has 3 aromatic carbocycles. The van der Waals surface area contributed by atoms with E-state index in [0.29, 0.717) is 30.0 Å². The number of carbonyl (C=O) groups excluding carboxylic acids is 2. The Morgan fingerprint density at radius 1 is 1.00 bits per heavy atom. The fraction of sp³-hybridized carbons (Fsp3) is 0.115. The van der Waals surface area contributed by atoms with Crippen molar-refractivity contribution in [2.75, 3.05) is 5.32 Å². The summed E-state index contributed by atoms with van der Waals surface area (Å²) >= 11 is 0. The van der Waals surface area contributed by atoms with Gasteiger partial charge in [-0.15, -0.1) is 0 Å². The summed E-state index contributed by atoms with van der Waals surface area (Å²) in [6.45, 7) is 0. The number of hydrogen-bond acceptors (Lipinski definition) is 4. The van der Waals surface area contributed by atoms with E-state index in [4.69, 9.17) is 4.74 Å². The number of fused-ring (bicyclic) bond motifs is 1. The van der Waals surface area contributed by atoms with Crippen LogP contribution in [0.4, 0.5) is 5.69 Å². The standard InChI is InChI=1S/C26H22N4O3/c31-25-14-13-23(28-25)26(32)27-18-7-4-8-19(15-18)33-20-10-11-21-22(29-30-24(21)16-20)12-9-17-5-2-1-3-6-17/h1-12,15-16,23H,13-14H2,(H,27,32)(H,28,31)(H,29,30)/b12-9+/t23-/m1/s1. The number of benzene rings is 3. The van der Waals surface area contributed by atoms with Gasteiger partial charge in [-0.3, -0.25) is 14.7 Å². The highest BCUT2D eigenvalue weighted by molar-refractivity contribution is 5.99. The third kappa shape index (κ3) is 4.77. The number of aromatic nitrogens is 2. The average molecular weight is 438 g/mol. The van der Waals surface area contributed by atoms with Crippen LogP contribution in [0.25, 0.3) is 23.1 Å². The van der Waals surface area contributed by atoms with E-state index in [0.717, 1.165) is 22.2 Å². The molecule has 0 aliphatic carbocycles. The van der Waals surface area contributed by atoms with Crippen LogP contribution in [0.5, 0.6) is 11.5 Å². The van der Waals surface area contributed by atoms with Crippen LogP contribution in [0.15, 0.2) is 72.8 Å². The fourth-order valence-corrected chi connectivity index (χ4v) is 3.76. The van der Waals surface area contributed by atoms with Crippen LogP contribution in [-0.4, -0.2) is 28.1 Å². The predicted octanol–water partition coefficient (Wildman–Crippen LogP) is 4.74. The van der Waals surface area contributed by atoms with Gasteiger partial charge in [-0.2, -0.15) is 5.10 Å². The molecule has 1 saturated heterocycles. The molecule has 1 aliphatic heterocycles. The second kappa shape index (κ2) is 9.00. The van der Waals surface area contributed by atoms with Crippen molar-refractivity contribution in [3.05, 3.63) is 84.1 Å². The molecule has 1 fully saturated rings. The minimum absolute atomic E-state index is 0.0971. The lowest BCUT2D eigenvalue weighted by molar-refractivity contribution is -0.122. The summed E-state index contributed by atoms with van der Waals surface area (Å²) in [6, 6.07) is 22.5. The minimum atomic E-state index is -0.491. The first kappa shape index (κ1) is 20.5. The van der Waals surface area contributed by atoms with Crippen molar-refractivity contribution < 1.29 is 14.3 Å². The topological polar surface area (TPSA) is 96.1 Å². The first-order valence-electron chi connectivity index (χ1n) is 10.7. The third-order valence-electron chi connectivity index (χ3n) is 5.45. The van der Waals surface area contributed by atoms with Gasteiger partial charge in [-0.1, -0.05) is 42.5 Å². The highest BCUT2D eigenvalue weighted by atomic mass is 16.5. The molecule has 0 spiro atoms. The fourth-order valence-electron chi connectivity index (χ4n) is 3.76. The van der Waals surface area contributed by atoms with Crippen LogP contribution in [0.2, 0.25) is 0 Å². The number of ether oxygens (including phenoxy) is 1. The lowest BCUT2D eigenvalue weighted by Crippen LogP contribution is -2.37. The Morgan fingerprint density at radius 2 is 1.85 bits per heavy atom. The Bertz CT molecular complexity index is 1340. The van der Waals surface area contributed by atoms with E-state index < -0.39 is 6.04 Å². The summed E-state index contributed by atoms with van der Waals surface area (Å²) in [5.41, 5.74) is 3.43. The summed E-state index contributed by atoms with van der Waals surface area (Å²) in [4.78, 5) is 23.7. The number of hydrogen-bond donors (Lipinski definition) is 3. The van der Waals surface area contributed by atoms with Gasteiger partial charge in [0.25, 0.3) is 0 Å². The van der Waals surface area contributed by atoms with Crippen molar-refractivity contribution in [3.63, 3.8) is 0 Å². The average Bonchev–Trinajstić information content (AvgIpc) is 3.44. The number of anilines is 1. The van der Waals surface area contributed by atoms with E-state index >= 15 is 0 Å². The Kier molecular flexibility index (Phi) is 5.59. The molecule has 4 aromatic rings. The summed E-state index contributed by atoms with van der Waals surface area (Å²) in [5.74, 6) is 0.913. The number of amides is 2. The molecular formula is C26H22N4O3.